The Morgan fingerprint density at radius 2 is 1.96 bits per heavy atom. The van der Waals surface area contributed by atoms with Crippen LogP contribution >= 0.6 is 15.6 Å². The number of carbonyl (C=O) groups excluding carboxylic acids is 1. The Hall–Kier alpha value is -0.790. The predicted octanol–water partition coefficient (Wildman–Crippen LogP) is 0.287. The molecule has 160 valence electrons. The second-order valence-corrected chi connectivity index (χ2v) is 9.63. The second-order valence-electron chi connectivity index (χ2n) is 6.80. The van der Waals surface area contributed by atoms with Crippen LogP contribution in [0.1, 0.15) is 32.1 Å². The number of phosphoric ester groups is 1. The third-order valence-corrected chi connectivity index (χ3v) is 6.84. The molecule has 13 heteroatoms. The molecule has 1 heterocycles. The van der Waals surface area contributed by atoms with E-state index in [9.17, 15) is 23.9 Å². The van der Waals surface area contributed by atoms with E-state index in [-0.39, 0.29) is 17.9 Å². The van der Waals surface area contributed by atoms with Gasteiger partial charge in [0.25, 0.3) is 0 Å². The fourth-order valence-corrected chi connectivity index (χ4v) is 5.12. The maximum Gasteiger partial charge on any atom is 0.481 e. The minimum Gasteiger partial charge on any atom is -0.390 e. The fraction of sp³-hybridized carbons (Fsp3) is 0.800. The van der Waals surface area contributed by atoms with E-state index in [4.69, 9.17) is 14.5 Å². The number of rotatable bonds is 8. The molecule has 2 rings (SSSR count). The van der Waals surface area contributed by atoms with Gasteiger partial charge < -0.3 is 29.8 Å². The lowest BCUT2D eigenvalue weighted by Crippen LogP contribution is -2.28. The van der Waals surface area contributed by atoms with Crippen LogP contribution in [-0.4, -0.2) is 57.7 Å². The number of hydrogen-bond acceptors (Lipinski definition) is 7. The molecule has 4 unspecified atom stereocenters. The van der Waals surface area contributed by atoms with Crippen LogP contribution in [-0.2, 0) is 27.5 Å². The number of carbonyl (C=O) groups is 1. The average Bonchev–Trinajstić information content (AvgIpc) is 2.96. The third-order valence-electron chi connectivity index (χ3n) is 4.68. The summed E-state index contributed by atoms with van der Waals surface area (Å²) in [5.74, 6) is 6.34. The van der Waals surface area contributed by atoms with Crippen molar-refractivity contribution in [1.82, 2.24) is 5.32 Å². The quantitative estimate of drug-likeness (QED) is 0.153. The molecule has 1 saturated carbocycles. The third kappa shape index (κ3) is 7.91. The van der Waals surface area contributed by atoms with Crippen LogP contribution in [0.2, 0.25) is 0 Å². The largest absolute Gasteiger partial charge is 0.481 e. The molecule has 0 aromatic rings. The van der Waals surface area contributed by atoms with E-state index in [2.05, 4.69) is 26.0 Å². The van der Waals surface area contributed by atoms with Gasteiger partial charge in [0, 0.05) is 12.3 Å². The summed E-state index contributed by atoms with van der Waals surface area (Å²) in [6.45, 7) is -0.251. The van der Waals surface area contributed by atoms with Gasteiger partial charge in [0.1, 0.15) is 6.10 Å². The second kappa shape index (κ2) is 10.3. The first-order chi connectivity index (χ1) is 13.1. The summed E-state index contributed by atoms with van der Waals surface area (Å²) in [4.78, 5) is 36.7. The van der Waals surface area contributed by atoms with E-state index in [1.807, 2.05) is 0 Å². The van der Waals surface area contributed by atoms with Gasteiger partial charge in [-0.3, -0.25) is 9.32 Å². The first kappa shape index (κ1) is 23.5. The van der Waals surface area contributed by atoms with Gasteiger partial charge in [-0.05, 0) is 25.2 Å². The Balaban J connectivity index is 1.85. The maximum atomic E-state index is 11.5. The number of aliphatic hydroxyl groups excluding tert-OH is 1. The Morgan fingerprint density at radius 1 is 1.21 bits per heavy atom. The zero-order valence-electron chi connectivity index (χ0n) is 15.0. The molecule has 1 saturated heterocycles. The van der Waals surface area contributed by atoms with E-state index in [1.54, 1.807) is 0 Å². The topological polar surface area (TPSA) is 172 Å². The van der Waals surface area contributed by atoms with E-state index in [0.29, 0.717) is 19.4 Å². The Bertz CT molecular complexity index is 686. The van der Waals surface area contributed by atoms with Crippen LogP contribution in [0.3, 0.4) is 0 Å². The molecule has 1 aliphatic carbocycles. The molecule has 2 aliphatic rings. The number of nitrogens with one attached hydrogen (secondary N) is 1. The molecule has 0 aromatic carbocycles. The van der Waals surface area contributed by atoms with Gasteiger partial charge in [0.2, 0.25) is 6.41 Å². The summed E-state index contributed by atoms with van der Waals surface area (Å²) in [6.07, 6.45) is 2.35. The molecule has 6 atom stereocenters. The van der Waals surface area contributed by atoms with Crippen molar-refractivity contribution in [3.63, 3.8) is 0 Å². The normalized spacial score (nSPS) is 32.8. The minimum absolute atomic E-state index is 0.152. The highest BCUT2D eigenvalue weighted by molar-refractivity contribution is 7.60. The van der Waals surface area contributed by atoms with Crippen molar-refractivity contribution in [2.75, 3.05) is 13.2 Å². The monoisotopic (exact) mass is 441 g/mol. The zero-order valence-corrected chi connectivity index (χ0v) is 16.8. The first-order valence-electron chi connectivity index (χ1n) is 8.83. The highest BCUT2D eigenvalue weighted by atomic mass is 31.3. The highest BCUT2D eigenvalue weighted by Gasteiger charge is 2.41. The van der Waals surface area contributed by atoms with Crippen LogP contribution in [0.15, 0.2) is 0 Å². The van der Waals surface area contributed by atoms with Crippen LogP contribution in [0, 0.1) is 23.7 Å². The number of phosphoric acid groups is 2. The predicted molar refractivity (Wildman–Crippen MR) is 95.5 cm³/mol. The fourth-order valence-electron chi connectivity index (χ4n) is 3.52. The Kier molecular flexibility index (Phi) is 8.64. The van der Waals surface area contributed by atoms with Crippen molar-refractivity contribution in [2.45, 2.75) is 50.4 Å². The molecule has 0 bridgehead atoms. The maximum absolute atomic E-state index is 11.5. The van der Waals surface area contributed by atoms with Crippen LogP contribution in [0.4, 0.5) is 0 Å². The molecule has 5 N–H and O–H groups in total. The van der Waals surface area contributed by atoms with Crippen molar-refractivity contribution in [3.8, 4) is 11.8 Å². The lowest BCUT2D eigenvalue weighted by atomic mass is 9.78. The van der Waals surface area contributed by atoms with Crippen LogP contribution < -0.4 is 5.32 Å². The number of hydrogen-bond donors (Lipinski definition) is 5. The van der Waals surface area contributed by atoms with E-state index in [1.165, 1.54) is 0 Å². The van der Waals surface area contributed by atoms with Crippen LogP contribution in [0.25, 0.3) is 0 Å². The van der Waals surface area contributed by atoms with Crippen molar-refractivity contribution < 1.29 is 47.3 Å². The van der Waals surface area contributed by atoms with Crippen LogP contribution in [0.5, 0.6) is 0 Å². The first-order valence-corrected chi connectivity index (χ1v) is 11.9. The molecule has 1 aliphatic heterocycles. The molecule has 11 nitrogen and oxygen atoms in total. The molecule has 28 heavy (non-hydrogen) atoms. The van der Waals surface area contributed by atoms with Crippen molar-refractivity contribution in [3.05, 3.63) is 0 Å². The molecular weight excluding hydrogens is 416 g/mol. The van der Waals surface area contributed by atoms with Gasteiger partial charge in [-0.25, -0.2) is 9.13 Å². The SMILES string of the molecule is O=CNCC#CC1CCCC([C@H]2CC(O)[C@@H](COP(=O)(O)OP(=O)(O)O)O2)C1. The molecular formula is C15H25NO10P2. The standard InChI is InChI=1S/C15H25NO10P2/c17-10-16-6-2-4-11-3-1-5-12(7-11)14-8-13(18)15(25-14)9-24-28(22,23)26-27(19,20)21/h10-15,18H,1,3,5-9H2,(H,16,17)(H,22,23)(H2,19,20,21)/t11?,12?,13?,14-,15-/m1/s1. The van der Waals surface area contributed by atoms with E-state index >= 15 is 0 Å². The van der Waals surface area contributed by atoms with Crippen molar-refractivity contribution in [2.24, 2.45) is 11.8 Å². The molecule has 0 aromatic heterocycles. The lowest BCUT2D eigenvalue weighted by molar-refractivity contribution is -0.109. The Morgan fingerprint density at radius 3 is 2.64 bits per heavy atom. The smallest absolute Gasteiger partial charge is 0.390 e. The van der Waals surface area contributed by atoms with Gasteiger partial charge in [-0.1, -0.05) is 18.3 Å². The summed E-state index contributed by atoms with van der Waals surface area (Å²) in [6, 6.07) is 0. The summed E-state index contributed by atoms with van der Waals surface area (Å²) in [7, 11) is -10.2. The molecule has 0 spiro atoms. The minimum atomic E-state index is -5.20. The number of ether oxygens (including phenoxy) is 1. The molecule has 0 radical (unpaired) electrons. The summed E-state index contributed by atoms with van der Waals surface area (Å²) in [5.41, 5.74) is 0. The average molecular weight is 441 g/mol. The number of amides is 1. The summed E-state index contributed by atoms with van der Waals surface area (Å²) in [5, 5.41) is 12.6. The molecule has 1 amide bonds. The van der Waals surface area contributed by atoms with E-state index in [0.717, 1.165) is 25.7 Å². The Labute approximate surface area is 162 Å². The highest BCUT2D eigenvalue weighted by Crippen LogP contribution is 2.57. The summed E-state index contributed by atoms with van der Waals surface area (Å²) >= 11 is 0. The summed E-state index contributed by atoms with van der Waals surface area (Å²) < 4.78 is 36.2. The van der Waals surface area contributed by atoms with Gasteiger partial charge in [-0.2, -0.15) is 4.31 Å². The van der Waals surface area contributed by atoms with E-state index < -0.39 is 34.5 Å². The van der Waals surface area contributed by atoms with Gasteiger partial charge in [0.05, 0.1) is 25.4 Å². The lowest BCUT2D eigenvalue weighted by Gasteiger charge is -2.30. The molecule has 2 fully saturated rings. The number of aliphatic hydroxyl groups is 1. The van der Waals surface area contributed by atoms with Crippen molar-refractivity contribution >= 4 is 22.1 Å². The zero-order chi connectivity index (χ0) is 20.8. The van der Waals surface area contributed by atoms with Gasteiger partial charge in [-0.15, -0.1) is 0 Å². The van der Waals surface area contributed by atoms with Gasteiger partial charge in [0.15, 0.2) is 0 Å². The van der Waals surface area contributed by atoms with Crippen molar-refractivity contribution in [1.29, 1.82) is 0 Å². The van der Waals surface area contributed by atoms with Gasteiger partial charge >= 0.3 is 15.6 Å².